The molecule has 0 heterocycles. The molecule has 0 radical (unpaired) electrons. The van der Waals surface area contributed by atoms with Crippen LogP contribution in [0.15, 0.2) is 24.3 Å². The zero-order valence-electron chi connectivity index (χ0n) is 19.8. The summed E-state index contributed by atoms with van der Waals surface area (Å²) in [6.07, 6.45) is 0.145. The molecule has 0 aliphatic heterocycles. The number of hydrogen-bond acceptors (Lipinski definition) is 6. The Bertz CT molecular complexity index is 786. The molecule has 0 bridgehead atoms. The second-order valence-electron chi connectivity index (χ2n) is 8.20. The molecule has 9 heteroatoms. The van der Waals surface area contributed by atoms with E-state index in [4.69, 9.17) is 9.47 Å². The van der Waals surface area contributed by atoms with E-state index in [0.717, 1.165) is 12.0 Å². The molecule has 0 aliphatic carbocycles. The zero-order valence-corrected chi connectivity index (χ0v) is 19.8. The lowest BCUT2D eigenvalue weighted by Gasteiger charge is -2.28. The van der Waals surface area contributed by atoms with Gasteiger partial charge in [0.15, 0.2) is 0 Å². The third kappa shape index (κ3) is 9.36. The van der Waals surface area contributed by atoms with Crippen molar-refractivity contribution in [1.82, 2.24) is 15.5 Å². The van der Waals surface area contributed by atoms with Gasteiger partial charge in [-0.1, -0.05) is 31.2 Å². The van der Waals surface area contributed by atoms with Crippen molar-refractivity contribution in [3.63, 3.8) is 0 Å². The van der Waals surface area contributed by atoms with Crippen LogP contribution in [-0.4, -0.2) is 61.1 Å². The van der Waals surface area contributed by atoms with Gasteiger partial charge in [0.1, 0.15) is 18.2 Å². The molecule has 3 amide bonds. The second kappa shape index (κ2) is 12.7. The average Bonchev–Trinajstić information content (AvgIpc) is 2.71. The van der Waals surface area contributed by atoms with Gasteiger partial charge in [-0.05, 0) is 45.2 Å². The summed E-state index contributed by atoms with van der Waals surface area (Å²) in [7, 11) is 1.49. The minimum atomic E-state index is -0.934. The van der Waals surface area contributed by atoms with Crippen LogP contribution in [0.2, 0.25) is 0 Å². The normalized spacial score (nSPS) is 11.8. The average molecular weight is 450 g/mol. The number of amides is 3. The third-order valence-corrected chi connectivity index (χ3v) is 4.45. The molecule has 1 aromatic rings. The first kappa shape index (κ1) is 26.9. The van der Waals surface area contributed by atoms with Crippen molar-refractivity contribution in [2.45, 2.75) is 59.1 Å². The highest BCUT2D eigenvalue weighted by atomic mass is 16.6. The summed E-state index contributed by atoms with van der Waals surface area (Å²) in [6, 6.07) is 6.44. The number of nitrogens with zero attached hydrogens (tertiary/aromatic N) is 1. The minimum absolute atomic E-state index is 0.0267. The van der Waals surface area contributed by atoms with Crippen LogP contribution in [-0.2, 0) is 30.3 Å². The fourth-order valence-electron chi connectivity index (χ4n) is 2.83. The lowest BCUT2D eigenvalue weighted by Crippen LogP contribution is -2.46. The SMILES string of the molecule is CCOC(=O)CCNC(=O)C(c1ccc(CC)cc1)N(C)C(=O)CNC(=O)OC(C)(C)C. The first-order valence-corrected chi connectivity index (χ1v) is 10.7. The van der Waals surface area contributed by atoms with E-state index in [1.165, 1.54) is 11.9 Å². The van der Waals surface area contributed by atoms with Crippen molar-refractivity contribution in [3.05, 3.63) is 35.4 Å². The van der Waals surface area contributed by atoms with E-state index in [-0.39, 0.29) is 26.1 Å². The van der Waals surface area contributed by atoms with Gasteiger partial charge in [0.25, 0.3) is 0 Å². The predicted molar refractivity (Wildman–Crippen MR) is 120 cm³/mol. The molecule has 178 valence electrons. The van der Waals surface area contributed by atoms with Gasteiger partial charge in [-0.2, -0.15) is 0 Å². The first-order valence-electron chi connectivity index (χ1n) is 10.7. The fourth-order valence-corrected chi connectivity index (χ4v) is 2.83. The summed E-state index contributed by atoms with van der Waals surface area (Å²) in [6.45, 7) is 8.90. The molecule has 9 nitrogen and oxygen atoms in total. The van der Waals surface area contributed by atoms with Gasteiger partial charge < -0.3 is 25.0 Å². The Morgan fingerprint density at radius 1 is 1.03 bits per heavy atom. The van der Waals surface area contributed by atoms with Crippen molar-refractivity contribution in [2.75, 3.05) is 26.7 Å². The molecule has 1 unspecified atom stereocenters. The van der Waals surface area contributed by atoms with Crippen LogP contribution in [0.1, 0.15) is 58.2 Å². The molecule has 0 aliphatic rings. The smallest absolute Gasteiger partial charge is 0.408 e. The number of ether oxygens (including phenoxy) is 2. The number of aryl methyl sites for hydroxylation is 1. The van der Waals surface area contributed by atoms with E-state index in [2.05, 4.69) is 10.6 Å². The summed E-state index contributed by atoms with van der Waals surface area (Å²) >= 11 is 0. The number of carbonyl (C=O) groups excluding carboxylic acids is 4. The lowest BCUT2D eigenvalue weighted by molar-refractivity contribution is -0.143. The number of carbonyl (C=O) groups is 4. The Morgan fingerprint density at radius 2 is 1.66 bits per heavy atom. The van der Waals surface area contributed by atoms with E-state index < -0.39 is 35.5 Å². The topological polar surface area (TPSA) is 114 Å². The van der Waals surface area contributed by atoms with E-state index in [9.17, 15) is 19.2 Å². The Kier molecular flexibility index (Phi) is 10.7. The highest BCUT2D eigenvalue weighted by Gasteiger charge is 2.29. The molecule has 1 aromatic carbocycles. The monoisotopic (exact) mass is 449 g/mol. The molecule has 0 spiro atoms. The van der Waals surface area contributed by atoms with E-state index in [0.29, 0.717) is 5.56 Å². The highest BCUT2D eigenvalue weighted by Crippen LogP contribution is 2.21. The Hall–Kier alpha value is -3.10. The zero-order chi connectivity index (χ0) is 24.3. The summed E-state index contributed by atoms with van der Waals surface area (Å²) in [5, 5.41) is 5.10. The number of hydrogen-bond donors (Lipinski definition) is 2. The van der Waals surface area contributed by atoms with Crippen molar-refractivity contribution >= 4 is 23.9 Å². The molecule has 1 atom stereocenters. The maximum absolute atomic E-state index is 12.9. The van der Waals surface area contributed by atoms with Crippen LogP contribution >= 0.6 is 0 Å². The molecule has 32 heavy (non-hydrogen) atoms. The summed E-state index contributed by atoms with van der Waals surface area (Å²) in [5.74, 6) is -1.32. The molecule has 0 saturated heterocycles. The molecule has 2 N–H and O–H groups in total. The maximum Gasteiger partial charge on any atom is 0.408 e. The van der Waals surface area contributed by atoms with Gasteiger partial charge in [-0.25, -0.2) is 4.79 Å². The van der Waals surface area contributed by atoms with Gasteiger partial charge in [0, 0.05) is 13.6 Å². The van der Waals surface area contributed by atoms with Crippen LogP contribution in [0.3, 0.4) is 0 Å². The number of likely N-dealkylation sites (N-methyl/N-ethyl adjacent to an activating group) is 1. The molecule has 0 saturated carbocycles. The van der Waals surface area contributed by atoms with E-state index in [1.54, 1.807) is 39.8 Å². The fraction of sp³-hybridized carbons (Fsp3) is 0.565. The van der Waals surface area contributed by atoms with Crippen LogP contribution in [0.25, 0.3) is 0 Å². The van der Waals surface area contributed by atoms with Gasteiger partial charge in [0.05, 0.1) is 13.0 Å². The van der Waals surface area contributed by atoms with E-state index in [1.807, 2.05) is 19.1 Å². The highest BCUT2D eigenvalue weighted by molar-refractivity contribution is 5.90. The maximum atomic E-state index is 12.9. The van der Waals surface area contributed by atoms with Crippen molar-refractivity contribution < 1.29 is 28.7 Å². The summed E-state index contributed by atoms with van der Waals surface area (Å²) in [5.41, 5.74) is 1.02. The number of rotatable bonds is 10. The largest absolute Gasteiger partial charge is 0.466 e. The first-order chi connectivity index (χ1) is 15.0. The number of benzene rings is 1. The van der Waals surface area contributed by atoms with Crippen molar-refractivity contribution in [3.8, 4) is 0 Å². The van der Waals surface area contributed by atoms with Gasteiger partial charge in [-0.3, -0.25) is 14.4 Å². The van der Waals surface area contributed by atoms with E-state index >= 15 is 0 Å². The molecule has 1 rings (SSSR count). The standard InChI is InChI=1S/C23H35N3O6/c1-7-16-9-11-17(12-10-16)20(21(29)24-14-13-19(28)31-8-2)26(6)18(27)15-25-22(30)32-23(3,4)5/h9-12,20H,7-8,13-15H2,1-6H3,(H,24,29)(H,25,30). The molecular weight excluding hydrogens is 414 g/mol. The third-order valence-electron chi connectivity index (χ3n) is 4.45. The van der Waals surface area contributed by atoms with Crippen molar-refractivity contribution in [1.29, 1.82) is 0 Å². The number of esters is 1. The number of alkyl carbamates (subject to hydrolysis) is 1. The van der Waals surface area contributed by atoms with Crippen LogP contribution in [0.4, 0.5) is 4.79 Å². The lowest BCUT2D eigenvalue weighted by atomic mass is 10.0. The Morgan fingerprint density at radius 3 is 2.19 bits per heavy atom. The molecule has 0 fully saturated rings. The van der Waals surface area contributed by atoms with Crippen LogP contribution in [0, 0.1) is 0 Å². The Labute approximate surface area is 189 Å². The predicted octanol–water partition coefficient (Wildman–Crippen LogP) is 2.34. The number of nitrogens with one attached hydrogen (secondary N) is 2. The molecule has 0 aromatic heterocycles. The van der Waals surface area contributed by atoms with Crippen LogP contribution in [0.5, 0.6) is 0 Å². The second-order valence-corrected chi connectivity index (χ2v) is 8.20. The van der Waals surface area contributed by atoms with Crippen molar-refractivity contribution in [2.24, 2.45) is 0 Å². The molecular formula is C23H35N3O6. The summed E-state index contributed by atoms with van der Waals surface area (Å²) in [4.78, 5) is 50.3. The minimum Gasteiger partial charge on any atom is -0.466 e. The summed E-state index contributed by atoms with van der Waals surface area (Å²) < 4.78 is 10.00. The van der Waals surface area contributed by atoms with Crippen LogP contribution < -0.4 is 10.6 Å². The van der Waals surface area contributed by atoms with Gasteiger partial charge in [-0.15, -0.1) is 0 Å². The van der Waals surface area contributed by atoms with Gasteiger partial charge in [0.2, 0.25) is 11.8 Å². The Balaban J connectivity index is 2.90. The quantitative estimate of drug-likeness (QED) is 0.530. The van der Waals surface area contributed by atoms with Gasteiger partial charge >= 0.3 is 12.1 Å².